The van der Waals surface area contributed by atoms with Crippen molar-refractivity contribution >= 4 is 5.78 Å². The Hall–Kier alpha value is -1.83. The van der Waals surface area contributed by atoms with Gasteiger partial charge in [-0.15, -0.1) is 0 Å². The highest BCUT2D eigenvalue weighted by Gasteiger charge is 2.20. The Morgan fingerprint density at radius 2 is 1.62 bits per heavy atom. The Morgan fingerprint density at radius 1 is 0.952 bits per heavy atom. The summed E-state index contributed by atoms with van der Waals surface area (Å²) in [5.41, 5.74) is 3.85. The molecule has 1 aromatic carbocycles. The first-order valence-electron chi connectivity index (χ1n) is 7.56. The molecule has 0 saturated heterocycles. The maximum Gasteiger partial charge on any atom is 0.196 e. The lowest BCUT2D eigenvalue weighted by Gasteiger charge is -2.15. The van der Waals surface area contributed by atoms with Gasteiger partial charge in [-0.25, -0.2) is 0 Å². The molecule has 0 amide bonds. The van der Waals surface area contributed by atoms with Gasteiger partial charge in [0.05, 0.1) is 5.56 Å². The van der Waals surface area contributed by atoms with E-state index in [-0.39, 0.29) is 5.78 Å². The van der Waals surface area contributed by atoms with E-state index in [1.54, 1.807) is 0 Å². The van der Waals surface area contributed by atoms with Crippen LogP contribution < -0.4 is 0 Å². The fourth-order valence-electron chi connectivity index (χ4n) is 2.63. The summed E-state index contributed by atoms with van der Waals surface area (Å²) in [6.45, 7) is 12.3. The molecular formula is C19H24O2. The monoisotopic (exact) mass is 284 g/mol. The van der Waals surface area contributed by atoms with Crippen LogP contribution in [0, 0.1) is 13.8 Å². The summed E-state index contributed by atoms with van der Waals surface area (Å²) in [4.78, 5) is 12.8. The lowest BCUT2D eigenvalue weighted by Crippen LogP contribution is -2.08. The summed E-state index contributed by atoms with van der Waals surface area (Å²) in [7, 11) is 0. The van der Waals surface area contributed by atoms with Crippen LogP contribution in [0.4, 0.5) is 0 Å². The summed E-state index contributed by atoms with van der Waals surface area (Å²) in [6, 6.07) is 8.03. The topological polar surface area (TPSA) is 30.2 Å². The summed E-state index contributed by atoms with van der Waals surface area (Å²) < 4.78 is 5.50. The quantitative estimate of drug-likeness (QED) is 0.706. The average molecular weight is 284 g/mol. The van der Waals surface area contributed by atoms with Crippen LogP contribution in [0.5, 0.6) is 0 Å². The minimum absolute atomic E-state index is 0.0587. The van der Waals surface area contributed by atoms with Gasteiger partial charge in [0.25, 0.3) is 0 Å². The second-order valence-corrected chi connectivity index (χ2v) is 6.31. The second-order valence-electron chi connectivity index (χ2n) is 6.31. The SMILES string of the molecule is Cc1cc(C(=O)c2ccc(C(C)C)cc2C(C)C)c(C)o1. The van der Waals surface area contributed by atoms with Crippen molar-refractivity contribution in [2.45, 2.75) is 53.4 Å². The minimum atomic E-state index is 0.0587. The molecule has 0 radical (unpaired) electrons. The number of carbonyl (C=O) groups is 1. The normalized spacial score (nSPS) is 11.4. The van der Waals surface area contributed by atoms with Crippen molar-refractivity contribution in [1.82, 2.24) is 0 Å². The zero-order chi connectivity index (χ0) is 15.7. The molecule has 2 aromatic rings. The third-order valence-electron chi connectivity index (χ3n) is 3.89. The van der Waals surface area contributed by atoms with Gasteiger partial charge in [0.15, 0.2) is 5.78 Å². The van der Waals surface area contributed by atoms with Crippen LogP contribution in [-0.2, 0) is 0 Å². The van der Waals surface area contributed by atoms with Gasteiger partial charge in [-0.1, -0.05) is 45.9 Å². The molecule has 112 valence electrons. The lowest BCUT2D eigenvalue weighted by molar-refractivity contribution is 0.103. The van der Waals surface area contributed by atoms with E-state index in [4.69, 9.17) is 4.42 Å². The van der Waals surface area contributed by atoms with Gasteiger partial charge in [0, 0.05) is 5.56 Å². The summed E-state index contributed by atoms with van der Waals surface area (Å²) >= 11 is 0. The van der Waals surface area contributed by atoms with E-state index in [9.17, 15) is 4.79 Å². The van der Waals surface area contributed by atoms with E-state index in [0.717, 1.165) is 16.9 Å². The van der Waals surface area contributed by atoms with Crippen molar-refractivity contribution in [1.29, 1.82) is 0 Å². The van der Waals surface area contributed by atoms with E-state index >= 15 is 0 Å². The second kappa shape index (κ2) is 5.88. The molecule has 0 bridgehead atoms. The third-order valence-corrected chi connectivity index (χ3v) is 3.89. The Kier molecular flexibility index (Phi) is 4.36. The molecule has 2 heteroatoms. The van der Waals surface area contributed by atoms with Crippen LogP contribution in [-0.4, -0.2) is 5.78 Å². The number of carbonyl (C=O) groups excluding carboxylic acids is 1. The predicted molar refractivity (Wildman–Crippen MR) is 86.2 cm³/mol. The minimum Gasteiger partial charge on any atom is -0.466 e. The fourth-order valence-corrected chi connectivity index (χ4v) is 2.63. The Morgan fingerprint density at radius 3 is 2.10 bits per heavy atom. The number of ketones is 1. The standard InChI is InChI=1S/C19H24O2/c1-11(2)15-7-8-16(17(10-15)12(3)4)19(20)18-9-13(5)21-14(18)6/h7-12H,1-6H3. The van der Waals surface area contributed by atoms with Gasteiger partial charge in [-0.2, -0.15) is 0 Å². The molecule has 0 fully saturated rings. The Labute approximate surface area is 127 Å². The van der Waals surface area contributed by atoms with E-state index in [1.165, 1.54) is 5.56 Å². The van der Waals surface area contributed by atoms with Gasteiger partial charge in [-0.3, -0.25) is 4.79 Å². The van der Waals surface area contributed by atoms with Crippen LogP contribution >= 0.6 is 0 Å². The van der Waals surface area contributed by atoms with E-state index in [2.05, 4.69) is 39.8 Å². The predicted octanol–water partition coefficient (Wildman–Crippen LogP) is 5.37. The lowest BCUT2D eigenvalue weighted by atomic mass is 9.88. The van der Waals surface area contributed by atoms with Crippen LogP contribution in [0.1, 0.15) is 78.1 Å². The molecule has 0 aliphatic carbocycles. The number of aryl methyl sites for hydroxylation is 2. The zero-order valence-electron chi connectivity index (χ0n) is 13.8. The average Bonchev–Trinajstić information content (AvgIpc) is 2.76. The van der Waals surface area contributed by atoms with Crippen molar-refractivity contribution in [3.05, 3.63) is 58.0 Å². The molecule has 0 saturated carbocycles. The maximum absolute atomic E-state index is 12.8. The first-order valence-corrected chi connectivity index (χ1v) is 7.56. The van der Waals surface area contributed by atoms with Gasteiger partial charge >= 0.3 is 0 Å². The number of benzene rings is 1. The van der Waals surface area contributed by atoms with Crippen molar-refractivity contribution < 1.29 is 9.21 Å². The molecule has 2 rings (SSSR count). The smallest absolute Gasteiger partial charge is 0.196 e. The molecule has 2 nitrogen and oxygen atoms in total. The van der Waals surface area contributed by atoms with Crippen LogP contribution in [0.15, 0.2) is 28.7 Å². The highest BCUT2D eigenvalue weighted by molar-refractivity contribution is 6.10. The fraction of sp³-hybridized carbons (Fsp3) is 0.421. The van der Waals surface area contributed by atoms with Gasteiger partial charge in [0.2, 0.25) is 0 Å². The molecule has 0 N–H and O–H groups in total. The van der Waals surface area contributed by atoms with Gasteiger partial charge in [-0.05, 0) is 42.9 Å². The van der Waals surface area contributed by atoms with E-state index in [1.807, 2.05) is 26.0 Å². The summed E-state index contributed by atoms with van der Waals surface area (Å²) in [6.07, 6.45) is 0. The summed E-state index contributed by atoms with van der Waals surface area (Å²) in [5.74, 6) is 2.31. The van der Waals surface area contributed by atoms with Crippen LogP contribution in [0.2, 0.25) is 0 Å². The third kappa shape index (κ3) is 3.10. The molecule has 0 spiro atoms. The zero-order valence-corrected chi connectivity index (χ0v) is 13.8. The van der Waals surface area contributed by atoms with E-state index in [0.29, 0.717) is 23.2 Å². The number of rotatable bonds is 4. The highest BCUT2D eigenvalue weighted by atomic mass is 16.3. The van der Waals surface area contributed by atoms with Crippen LogP contribution in [0.3, 0.4) is 0 Å². The molecule has 0 atom stereocenters. The Bertz CT molecular complexity index is 660. The van der Waals surface area contributed by atoms with Crippen LogP contribution in [0.25, 0.3) is 0 Å². The molecule has 0 aliphatic heterocycles. The van der Waals surface area contributed by atoms with Crippen molar-refractivity contribution in [3.8, 4) is 0 Å². The highest BCUT2D eigenvalue weighted by Crippen LogP contribution is 2.28. The van der Waals surface area contributed by atoms with Gasteiger partial charge < -0.3 is 4.42 Å². The number of hydrogen-bond acceptors (Lipinski definition) is 2. The Balaban J connectivity index is 2.52. The molecule has 1 aromatic heterocycles. The molecule has 1 heterocycles. The van der Waals surface area contributed by atoms with Crippen molar-refractivity contribution in [3.63, 3.8) is 0 Å². The molecule has 0 aliphatic rings. The number of furan rings is 1. The maximum atomic E-state index is 12.8. The molecular weight excluding hydrogens is 260 g/mol. The number of hydrogen-bond donors (Lipinski definition) is 0. The summed E-state index contributed by atoms with van der Waals surface area (Å²) in [5, 5.41) is 0. The molecule has 21 heavy (non-hydrogen) atoms. The van der Waals surface area contributed by atoms with Crippen molar-refractivity contribution in [2.75, 3.05) is 0 Å². The van der Waals surface area contributed by atoms with Crippen molar-refractivity contribution in [2.24, 2.45) is 0 Å². The largest absolute Gasteiger partial charge is 0.466 e. The van der Waals surface area contributed by atoms with Gasteiger partial charge in [0.1, 0.15) is 11.5 Å². The van der Waals surface area contributed by atoms with E-state index < -0.39 is 0 Å². The first kappa shape index (κ1) is 15.6. The first-order chi connectivity index (χ1) is 9.81. The molecule has 0 unspecified atom stereocenters.